The number of fused-ring (bicyclic) bond motifs is 1. The van der Waals surface area contributed by atoms with E-state index in [-0.39, 0.29) is 17.7 Å². The zero-order chi connectivity index (χ0) is 27.9. The van der Waals surface area contributed by atoms with Crippen molar-refractivity contribution < 1.29 is 24.2 Å². The molecule has 1 aliphatic carbocycles. The lowest BCUT2D eigenvalue weighted by Crippen LogP contribution is -2.13. The number of nitriles is 2. The van der Waals surface area contributed by atoms with Crippen LogP contribution in [0.2, 0.25) is 0 Å². The minimum absolute atomic E-state index is 0.119. The number of amides is 1. The standard InChI is InChI=1S/C29H24BrN3O5S/c1-2-37-24-13-18(12-23(30)26(24)38-16-17-7-9-19(10-8-17)29(35)36)11-20(14-31)27(34)33-28-22(15-32)21-5-3-4-6-25(21)39-28/h7-13H,2-6,16H2,1H3,(H,33,34)(H,35,36)/b20-11+. The normalized spacial score (nSPS) is 12.6. The van der Waals surface area contributed by atoms with Crippen molar-refractivity contribution in [3.8, 4) is 23.6 Å². The first-order valence-electron chi connectivity index (χ1n) is 12.2. The van der Waals surface area contributed by atoms with Crippen LogP contribution in [0.3, 0.4) is 0 Å². The highest BCUT2D eigenvalue weighted by atomic mass is 79.9. The SMILES string of the molecule is CCOc1cc(/C=C(\C#N)C(=O)Nc2sc3c(c2C#N)CCCC3)cc(Br)c1OCc1ccc(C(=O)O)cc1. The van der Waals surface area contributed by atoms with Crippen LogP contribution < -0.4 is 14.8 Å². The van der Waals surface area contributed by atoms with E-state index in [1.165, 1.54) is 29.5 Å². The molecule has 0 bridgehead atoms. The molecule has 0 aliphatic heterocycles. The maximum Gasteiger partial charge on any atom is 0.335 e. The monoisotopic (exact) mass is 605 g/mol. The zero-order valence-corrected chi connectivity index (χ0v) is 23.4. The topological polar surface area (TPSA) is 132 Å². The first kappa shape index (κ1) is 27.9. The first-order chi connectivity index (χ1) is 18.8. The number of aromatic carboxylic acids is 1. The average molecular weight is 606 g/mol. The van der Waals surface area contributed by atoms with Gasteiger partial charge in [-0.15, -0.1) is 11.3 Å². The van der Waals surface area contributed by atoms with Gasteiger partial charge in [-0.25, -0.2) is 4.79 Å². The molecule has 10 heteroatoms. The number of anilines is 1. The number of rotatable bonds is 9. The second kappa shape index (κ2) is 12.6. The molecule has 1 heterocycles. The second-order valence-electron chi connectivity index (χ2n) is 8.70. The summed E-state index contributed by atoms with van der Waals surface area (Å²) in [5, 5.41) is 31.7. The van der Waals surface area contributed by atoms with E-state index in [0.717, 1.165) is 41.7 Å². The van der Waals surface area contributed by atoms with Crippen LogP contribution in [0.4, 0.5) is 5.00 Å². The number of thiophene rings is 1. The molecule has 1 aromatic heterocycles. The minimum Gasteiger partial charge on any atom is -0.490 e. The lowest BCUT2D eigenvalue weighted by molar-refractivity contribution is -0.112. The number of benzene rings is 2. The Balaban J connectivity index is 1.55. The van der Waals surface area contributed by atoms with E-state index in [9.17, 15) is 20.1 Å². The Hall–Kier alpha value is -4.12. The van der Waals surface area contributed by atoms with Gasteiger partial charge in [-0.2, -0.15) is 10.5 Å². The van der Waals surface area contributed by atoms with Gasteiger partial charge in [0, 0.05) is 4.88 Å². The molecule has 198 valence electrons. The van der Waals surface area contributed by atoms with Crippen LogP contribution in [0.25, 0.3) is 6.08 Å². The van der Waals surface area contributed by atoms with Gasteiger partial charge in [0.25, 0.3) is 5.91 Å². The van der Waals surface area contributed by atoms with Gasteiger partial charge in [0.1, 0.15) is 29.3 Å². The predicted molar refractivity (Wildman–Crippen MR) is 151 cm³/mol. The van der Waals surface area contributed by atoms with E-state index in [0.29, 0.717) is 38.7 Å². The smallest absolute Gasteiger partial charge is 0.335 e. The fourth-order valence-electron chi connectivity index (χ4n) is 4.23. The number of nitrogens with one attached hydrogen (secondary N) is 1. The Bertz CT molecular complexity index is 1530. The summed E-state index contributed by atoms with van der Waals surface area (Å²) in [5.41, 5.74) is 2.87. The van der Waals surface area contributed by atoms with Crippen LogP contribution in [0.5, 0.6) is 11.5 Å². The lowest BCUT2D eigenvalue weighted by Gasteiger charge is -2.15. The number of carbonyl (C=O) groups is 2. The van der Waals surface area contributed by atoms with Crippen molar-refractivity contribution in [1.29, 1.82) is 10.5 Å². The number of carboxylic acids is 1. The summed E-state index contributed by atoms with van der Waals surface area (Å²) in [6, 6.07) is 13.9. The molecule has 2 aromatic carbocycles. The molecule has 4 rings (SSSR count). The van der Waals surface area contributed by atoms with Crippen LogP contribution >= 0.6 is 27.3 Å². The molecule has 0 atom stereocenters. The number of carboxylic acid groups (broad SMARTS) is 1. The van der Waals surface area contributed by atoms with Gasteiger partial charge in [0.2, 0.25) is 0 Å². The highest BCUT2D eigenvalue weighted by Gasteiger charge is 2.23. The van der Waals surface area contributed by atoms with E-state index in [1.54, 1.807) is 24.3 Å². The molecule has 39 heavy (non-hydrogen) atoms. The van der Waals surface area contributed by atoms with Gasteiger partial charge in [-0.05, 0) is 95.6 Å². The summed E-state index contributed by atoms with van der Waals surface area (Å²) in [6.45, 7) is 2.35. The Morgan fingerprint density at radius 3 is 2.56 bits per heavy atom. The predicted octanol–water partition coefficient (Wildman–Crippen LogP) is 6.48. The van der Waals surface area contributed by atoms with E-state index in [2.05, 4.69) is 27.3 Å². The van der Waals surface area contributed by atoms with E-state index in [1.807, 2.05) is 13.0 Å². The Morgan fingerprint density at radius 1 is 1.15 bits per heavy atom. The summed E-state index contributed by atoms with van der Waals surface area (Å²) < 4.78 is 12.3. The molecule has 1 aliphatic rings. The molecule has 0 saturated heterocycles. The molecule has 2 N–H and O–H groups in total. The molecule has 1 amide bonds. The largest absolute Gasteiger partial charge is 0.490 e. The molecule has 0 radical (unpaired) electrons. The van der Waals surface area contributed by atoms with Crippen LogP contribution in [-0.2, 0) is 24.2 Å². The van der Waals surface area contributed by atoms with Gasteiger partial charge >= 0.3 is 5.97 Å². The number of aryl methyl sites for hydroxylation is 1. The van der Waals surface area contributed by atoms with Crippen molar-refractivity contribution in [2.24, 2.45) is 0 Å². The number of nitrogens with zero attached hydrogens (tertiary/aromatic N) is 2. The number of carbonyl (C=O) groups excluding carboxylic acids is 1. The summed E-state index contributed by atoms with van der Waals surface area (Å²) in [7, 11) is 0. The maximum absolute atomic E-state index is 13.0. The van der Waals surface area contributed by atoms with Crippen molar-refractivity contribution in [3.63, 3.8) is 0 Å². The van der Waals surface area contributed by atoms with E-state index >= 15 is 0 Å². The molecule has 0 saturated carbocycles. The summed E-state index contributed by atoms with van der Waals surface area (Å²) in [6.07, 6.45) is 5.24. The first-order valence-corrected chi connectivity index (χ1v) is 13.8. The number of hydrogen-bond acceptors (Lipinski definition) is 7. The molecule has 3 aromatic rings. The highest BCUT2D eigenvalue weighted by molar-refractivity contribution is 9.10. The number of ether oxygens (including phenoxy) is 2. The van der Waals surface area contributed by atoms with Gasteiger partial charge in [0.15, 0.2) is 11.5 Å². The minimum atomic E-state index is -1.00. The molecule has 8 nitrogen and oxygen atoms in total. The third kappa shape index (κ3) is 6.48. The third-order valence-electron chi connectivity index (χ3n) is 6.10. The Labute approximate surface area is 238 Å². The molecular formula is C29H24BrN3O5S. The van der Waals surface area contributed by atoms with Crippen molar-refractivity contribution in [2.45, 2.75) is 39.2 Å². The van der Waals surface area contributed by atoms with Gasteiger partial charge in [-0.3, -0.25) is 4.79 Å². The highest BCUT2D eigenvalue weighted by Crippen LogP contribution is 2.39. The number of hydrogen-bond donors (Lipinski definition) is 2. The van der Waals surface area contributed by atoms with Crippen molar-refractivity contribution in [3.05, 3.63) is 79.1 Å². The Morgan fingerprint density at radius 2 is 1.90 bits per heavy atom. The summed E-state index contributed by atoms with van der Waals surface area (Å²) >= 11 is 4.90. The zero-order valence-electron chi connectivity index (χ0n) is 21.0. The van der Waals surface area contributed by atoms with Crippen LogP contribution in [0.1, 0.15) is 57.3 Å². The lowest BCUT2D eigenvalue weighted by atomic mass is 9.96. The third-order valence-corrected chi connectivity index (χ3v) is 7.90. The van der Waals surface area contributed by atoms with Crippen molar-refractivity contribution in [1.82, 2.24) is 0 Å². The molecule has 0 fully saturated rings. The summed E-state index contributed by atoms with van der Waals surface area (Å²) in [4.78, 5) is 25.2. The van der Waals surface area contributed by atoms with Gasteiger partial charge in [-0.1, -0.05) is 12.1 Å². The number of halogens is 1. The molecule has 0 spiro atoms. The fourth-order valence-corrected chi connectivity index (χ4v) is 6.04. The van der Waals surface area contributed by atoms with E-state index < -0.39 is 11.9 Å². The van der Waals surface area contributed by atoms with Crippen LogP contribution in [0.15, 0.2) is 46.4 Å². The van der Waals surface area contributed by atoms with Crippen LogP contribution in [-0.4, -0.2) is 23.6 Å². The van der Waals surface area contributed by atoms with Crippen LogP contribution in [0, 0.1) is 22.7 Å². The van der Waals surface area contributed by atoms with Gasteiger partial charge < -0.3 is 19.9 Å². The molecule has 0 unspecified atom stereocenters. The maximum atomic E-state index is 13.0. The van der Waals surface area contributed by atoms with Crippen molar-refractivity contribution >= 4 is 50.2 Å². The average Bonchev–Trinajstić information content (AvgIpc) is 3.28. The quantitative estimate of drug-likeness (QED) is 0.210. The van der Waals surface area contributed by atoms with Crippen molar-refractivity contribution in [2.75, 3.05) is 11.9 Å². The molecular weight excluding hydrogens is 582 g/mol. The second-order valence-corrected chi connectivity index (χ2v) is 10.7. The fraction of sp³-hybridized carbons (Fsp3) is 0.241. The summed E-state index contributed by atoms with van der Waals surface area (Å²) in [5.74, 6) is -0.748. The van der Waals surface area contributed by atoms with Gasteiger partial charge in [0.05, 0.1) is 22.2 Å². The van der Waals surface area contributed by atoms with E-state index in [4.69, 9.17) is 14.6 Å². The Kier molecular flexibility index (Phi) is 9.03.